The van der Waals surface area contributed by atoms with Gasteiger partial charge in [-0.05, 0) is 31.3 Å². The molecule has 1 rings (SSSR count). The quantitative estimate of drug-likeness (QED) is 0.292. The molecule has 130 valence electrons. The van der Waals surface area contributed by atoms with Gasteiger partial charge < -0.3 is 9.26 Å². The van der Waals surface area contributed by atoms with E-state index in [9.17, 15) is 4.79 Å². The lowest BCUT2D eigenvalue weighted by atomic mass is 9.90. The zero-order valence-corrected chi connectivity index (χ0v) is 15.6. The molecule has 0 aromatic rings. The van der Waals surface area contributed by atoms with Crippen LogP contribution in [0, 0.1) is 5.92 Å². The second-order valence-corrected chi connectivity index (χ2v) is 11.3. The highest BCUT2D eigenvalue weighted by atomic mass is 28.4. The van der Waals surface area contributed by atoms with E-state index in [4.69, 9.17) is 14.1 Å². The summed E-state index contributed by atoms with van der Waals surface area (Å²) in [5.41, 5.74) is 0. The Labute approximate surface area is 134 Å². The van der Waals surface area contributed by atoms with Gasteiger partial charge in [-0.3, -0.25) is 4.84 Å². The molecule has 1 fully saturated rings. The molecule has 7 heteroatoms. The number of unbranched alkanes of at least 4 members (excludes halogenated alkanes) is 3. The maximum Gasteiger partial charge on any atom is 0.337 e. The van der Waals surface area contributed by atoms with E-state index >= 15 is 4.39 Å². The number of methoxy groups -OCH3 is 1. The molecule has 1 aliphatic heterocycles. The van der Waals surface area contributed by atoms with Gasteiger partial charge in [0.1, 0.15) is 0 Å². The first kappa shape index (κ1) is 19.5. The lowest BCUT2D eigenvalue weighted by Gasteiger charge is -2.34. The Morgan fingerprint density at radius 3 is 2.45 bits per heavy atom. The van der Waals surface area contributed by atoms with Crippen LogP contribution in [0.3, 0.4) is 0 Å². The number of ether oxygens (including phenoxy) is 1. The monoisotopic (exact) mass is 335 g/mol. The molecule has 0 aromatic heterocycles. The third-order valence-electron chi connectivity index (χ3n) is 3.84. The van der Waals surface area contributed by atoms with Crippen molar-refractivity contribution in [3.8, 4) is 0 Å². The summed E-state index contributed by atoms with van der Waals surface area (Å²) in [7, 11) is -0.781. The maximum absolute atomic E-state index is 15.6. The van der Waals surface area contributed by atoms with Crippen molar-refractivity contribution in [2.75, 3.05) is 7.11 Å². The third-order valence-corrected chi connectivity index (χ3v) is 4.55. The van der Waals surface area contributed by atoms with E-state index in [1.54, 1.807) is 6.92 Å². The second-order valence-electron chi connectivity index (χ2n) is 6.93. The Morgan fingerprint density at radius 1 is 1.32 bits per heavy atom. The third kappa shape index (κ3) is 4.74. The Hall–Kier alpha value is -0.503. The molecule has 0 amide bonds. The van der Waals surface area contributed by atoms with Gasteiger partial charge in [-0.15, -0.1) is 0 Å². The summed E-state index contributed by atoms with van der Waals surface area (Å²) in [5, 5.41) is 0.956. The average Bonchev–Trinajstić information content (AvgIpc) is 2.66. The minimum atomic E-state index is -2.06. The topological polar surface area (TPSA) is 48.0 Å². The molecule has 0 spiro atoms. The van der Waals surface area contributed by atoms with E-state index < -0.39 is 32.1 Å². The summed E-state index contributed by atoms with van der Waals surface area (Å²) in [4.78, 5) is 17.3. The van der Waals surface area contributed by atoms with Gasteiger partial charge in [0.15, 0.2) is 6.10 Å². The summed E-state index contributed by atoms with van der Waals surface area (Å²) < 4.78 is 26.0. The van der Waals surface area contributed by atoms with Gasteiger partial charge in [0.2, 0.25) is 14.1 Å². The van der Waals surface area contributed by atoms with E-state index in [2.05, 4.69) is 6.92 Å². The number of nitrogens with zero attached hydrogens (tertiary/aromatic N) is 1. The first-order valence-corrected chi connectivity index (χ1v) is 11.5. The molecule has 1 saturated heterocycles. The molecule has 1 aliphatic rings. The summed E-state index contributed by atoms with van der Waals surface area (Å²) in [5.74, 6) is -3.00. The van der Waals surface area contributed by atoms with Crippen LogP contribution in [0.4, 0.5) is 4.39 Å². The fourth-order valence-corrected chi connectivity index (χ4v) is 3.20. The molecule has 0 bridgehead atoms. The lowest BCUT2D eigenvalue weighted by molar-refractivity contribution is -0.373. The minimum absolute atomic E-state index is 0.284. The van der Waals surface area contributed by atoms with Crippen molar-refractivity contribution < 1.29 is 23.3 Å². The Balaban J connectivity index is 2.87. The van der Waals surface area contributed by atoms with E-state index in [-0.39, 0.29) is 6.42 Å². The van der Waals surface area contributed by atoms with Gasteiger partial charge in [-0.2, -0.15) is 0 Å². The SMILES string of the molecule is CCCCCCC1(F)[C@H](C)[C@@H](C(=O)OC)ON1O[Si](C)(C)C. The number of carbonyl (C=O) groups excluding carboxylic acids is 1. The second kappa shape index (κ2) is 7.85. The molecular formula is C15H30FNO4Si. The molecule has 0 radical (unpaired) electrons. The van der Waals surface area contributed by atoms with Crippen LogP contribution in [0.1, 0.15) is 46.0 Å². The van der Waals surface area contributed by atoms with Crippen LogP contribution in [0.15, 0.2) is 0 Å². The van der Waals surface area contributed by atoms with Crippen LogP contribution in [-0.4, -0.2) is 38.5 Å². The van der Waals surface area contributed by atoms with E-state index in [0.29, 0.717) is 0 Å². The fraction of sp³-hybridized carbons (Fsp3) is 0.933. The van der Waals surface area contributed by atoms with E-state index in [1.165, 1.54) is 7.11 Å². The predicted octanol–water partition coefficient (Wildman–Crippen LogP) is 3.81. The van der Waals surface area contributed by atoms with Crippen LogP contribution in [0.5, 0.6) is 0 Å². The van der Waals surface area contributed by atoms with Crippen molar-refractivity contribution in [2.45, 2.75) is 77.5 Å². The number of rotatable bonds is 8. The van der Waals surface area contributed by atoms with Gasteiger partial charge in [0.05, 0.1) is 7.11 Å². The molecule has 3 atom stereocenters. The van der Waals surface area contributed by atoms with Crippen LogP contribution in [0.2, 0.25) is 19.6 Å². The van der Waals surface area contributed by atoms with Gasteiger partial charge in [-0.1, -0.05) is 33.1 Å². The maximum atomic E-state index is 15.6. The predicted molar refractivity (Wildman–Crippen MR) is 84.9 cm³/mol. The van der Waals surface area contributed by atoms with Crippen molar-refractivity contribution in [3.63, 3.8) is 0 Å². The molecule has 1 heterocycles. The summed E-state index contributed by atoms with van der Waals surface area (Å²) in [6.07, 6.45) is 3.17. The molecule has 0 aliphatic carbocycles. The summed E-state index contributed by atoms with van der Waals surface area (Å²) in [6, 6.07) is 0. The molecule has 0 N–H and O–H groups in total. The standard InChI is InChI=1S/C15H30FNO4Si/c1-7-8-9-10-11-15(16)12(2)13(14(18)19-3)20-17(15)21-22(4,5)6/h12-13H,7-11H2,1-6H3/t12-,13+,15?/m1/s1. The Bertz CT molecular complexity index is 377. The van der Waals surface area contributed by atoms with Crippen molar-refractivity contribution in [2.24, 2.45) is 5.92 Å². The van der Waals surface area contributed by atoms with Crippen LogP contribution < -0.4 is 0 Å². The number of hydrogen-bond acceptors (Lipinski definition) is 5. The number of hydroxylamine groups is 2. The highest BCUT2D eigenvalue weighted by Crippen LogP contribution is 2.43. The number of hydrogen-bond donors (Lipinski definition) is 0. The van der Waals surface area contributed by atoms with Crippen molar-refractivity contribution in [3.05, 3.63) is 0 Å². The largest absolute Gasteiger partial charge is 0.467 e. The number of halogens is 1. The average molecular weight is 335 g/mol. The van der Waals surface area contributed by atoms with Crippen LogP contribution >= 0.6 is 0 Å². The summed E-state index contributed by atoms with van der Waals surface area (Å²) >= 11 is 0. The lowest BCUT2D eigenvalue weighted by Crippen LogP contribution is -2.48. The number of esters is 1. The van der Waals surface area contributed by atoms with Gasteiger partial charge >= 0.3 is 5.97 Å². The number of carbonyl (C=O) groups is 1. The molecule has 0 aromatic carbocycles. The molecule has 22 heavy (non-hydrogen) atoms. The van der Waals surface area contributed by atoms with Crippen molar-refractivity contribution in [1.29, 1.82) is 0 Å². The zero-order valence-electron chi connectivity index (χ0n) is 14.6. The van der Waals surface area contributed by atoms with Gasteiger partial charge in [0, 0.05) is 12.3 Å². The van der Waals surface area contributed by atoms with Crippen molar-refractivity contribution >= 4 is 14.3 Å². The Morgan fingerprint density at radius 2 is 1.95 bits per heavy atom. The van der Waals surface area contributed by atoms with Crippen LogP contribution in [-0.2, 0) is 18.9 Å². The minimum Gasteiger partial charge on any atom is -0.467 e. The fourth-order valence-electron chi connectivity index (χ4n) is 2.51. The number of alkyl halides is 1. The van der Waals surface area contributed by atoms with E-state index in [0.717, 1.165) is 30.9 Å². The zero-order chi connectivity index (χ0) is 17.0. The Kier molecular flexibility index (Phi) is 6.98. The summed E-state index contributed by atoms with van der Waals surface area (Å²) in [6.45, 7) is 9.63. The normalized spacial score (nSPS) is 29.8. The molecule has 0 saturated carbocycles. The molecule has 1 unspecified atom stereocenters. The first-order valence-electron chi connectivity index (χ1n) is 8.08. The smallest absolute Gasteiger partial charge is 0.337 e. The molecular weight excluding hydrogens is 305 g/mol. The molecule has 5 nitrogen and oxygen atoms in total. The first-order chi connectivity index (χ1) is 10.2. The van der Waals surface area contributed by atoms with Crippen LogP contribution in [0.25, 0.3) is 0 Å². The highest BCUT2D eigenvalue weighted by molar-refractivity contribution is 6.69. The van der Waals surface area contributed by atoms with E-state index in [1.807, 2.05) is 19.6 Å². The van der Waals surface area contributed by atoms with Crippen molar-refractivity contribution in [1.82, 2.24) is 5.23 Å². The highest BCUT2D eigenvalue weighted by Gasteiger charge is 2.58. The van der Waals surface area contributed by atoms with Gasteiger partial charge in [-0.25, -0.2) is 9.18 Å². The van der Waals surface area contributed by atoms with Gasteiger partial charge in [0.25, 0.3) is 0 Å².